The van der Waals surface area contributed by atoms with E-state index < -0.39 is 0 Å². The number of halogens is 1. The van der Waals surface area contributed by atoms with Crippen LogP contribution in [-0.4, -0.2) is 33.9 Å². The van der Waals surface area contributed by atoms with Gasteiger partial charge in [0.05, 0.1) is 12.4 Å². The van der Waals surface area contributed by atoms with Gasteiger partial charge in [0.25, 0.3) is 5.91 Å². The van der Waals surface area contributed by atoms with Crippen molar-refractivity contribution in [1.29, 1.82) is 0 Å². The highest BCUT2D eigenvalue weighted by Gasteiger charge is 2.24. The highest BCUT2D eigenvalue weighted by atomic mass is 35.5. The van der Waals surface area contributed by atoms with Gasteiger partial charge in [0, 0.05) is 13.1 Å². The predicted octanol–water partition coefficient (Wildman–Crippen LogP) is 1.61. The van der Waals surface area contributed by atoms with Gasteiger partial charge >= 0.3 is 0 Å². The maximum Gasteiger partial charge on any atom is 0.274 e. The van der Waals surface area contributed by atoms with Gasteiger partial charge in [0.15, 0.2) is 0 Å². The Balaban J connectivity index is 2.11. The molecule has 0 N–H and O–H groups in total. The molecular weight excluding hydrogens is 214 g/mol. The Hall–Kier alpha value is -1.16. The molecule has 0 radical (unpaired) electrons. The largest absolute Gasteiger partial charge is 0.337 e. The fraction of sp³-hybridized carbons (Fsp3) is 0.500. The predicted molar refractivity (Wildman–Crippen MR) is 56.7 cm³/mol. The number of nitrogens with zero attached hydrogens (tertiary/aromatic N) is 3. The minimum Gasteiger partial charge on any atom is -0.337 e. The summed E-state index contributed by atoms with van der Waals surface area (Å²) in [6.45, 7) is 3.76. The lowest BCUT2D eigenvalue weighted by Gasteiger charge is -2.14. The van der Waals surface area contributed by atoms with E-state index >= 15 is 0 Å². The second kappa shape index (κ2) is 4.14. The van der Waals surface area contributed by atoms with Gasteiger partial charge in [0.1, 0.15) is 10.8 Å². The van der Waals surface area contributed by atoms with Crippen molar-refractivity contribution in [3.63, 3.8) is 0 Å². The second-order valence-electron chi connectivity index (χ2n) is 3.87. The third-order valence-electron chi connectivity index (χ3n) is 2.55. The number of aromatic nitrogens is 2. The highest BCUT2D eigenvalue weighted by molar-refractivity contribution is 6.29. The molecular formula is C10H12ClN3O. The zero-order valence-corrected chi connectivity index (χ0v) is 9.24. The van der Waals surface area contributed by atoms with E-state index in [0.717, 1.165) is 19.5 Å². The first-order valence-corrected chi connectivity index (χ1v) is 5.31. The lowest BCUT2D eigenvalue weighted by Crippen LogP contribution is -2.29. The van der Waals surface area contributed by atoms with E-state index in [-0.39, 0.29) is 5.91 Å². The van der Waals surface area contributed by atoms with Gasteiger partial charge in [-0.1, -0.05) is 18.5 Å². The molecule has 0 bridgehead atoms. The lowest BCUT2D eigenvalue weighted by atomic mass is 10.2. The summed E-state index contributed by atoms with van der Waals surface area (Å²) in [5.41, 5.74) is 0.369. The molecule has 0 aromatic carbocycles. The summed E-state index contributed by atoms with van der Waals surface area (Å²) >= 11 is 5.60. The smallest absolute Gasteiger partial charge is 0.274 e. The molecule has 1 aromatic rings. The molecule has 1 amide bonds. The number of hydrogen-bond donors (Lipinski definition) is 0. The van der Waals surface area contributed by atoms with Gasteiger partial charge in [-0.25, -0.2) is 9.97 Å². The highest BCUT2D eigenvalue weighted by Crippen LogP contribution is 2.17. The van der Waals surface area contributed by atoms with Crippen LogP contribution in [-0.2, 0) is 0 Å². The molecule has 5 heteroatoms. The first-order chi connectivity index (χ1) is 7.16. The average Bonchev–Trinajstić information content (AvgIpc) is 2.65. The minimum atomic E-state index is -0.0523. The van der Waals surface area contributed by atoms with Crippen LogP contribution in [0, 0.1) is 5.92 Å². The number of rotatable bonds is 1. The summed E-state index contributed by atoms with van der Waals surface area (Å²) in [6, 6.07) is 0. The maximum absolute atomic E-state index is 11.9. The van der Waals surface area contributed by atoms with Crippen molar-refractivity contribution in [3.05, 3.63) is 23.2 Å². The average molecular weight is 226 g/mol. The van der Waals surface area contributed by atoms with Gasteiger partial charge in [-0.15, -0.1) is 0 Å². The van der Waals surface area contributed by atoms with E-state index in [4.69, 9.17) is 11.6 Å². The molecule has 0 saturated carbocycles. The third kappa shape index (κ3) is 2.26. The van der Waals surface area contributed by atoms with Crippen molar-refractivity contribution in [3.8, 4) is 0 Å². The third-order valence-corrected chi connectivity index (χ3v) is 2.75. The first-order valence-electron chi connectivity index (χ1n) is 4.93. The topological polar surface area (TPSA) is 46.1 Å². The molecule has 1 fully saturated rings. The van der Waals surface area contributed by atoms with E-state index in [1.54, 1.807) is 0 Å². The second-order valence-corrected chi connectivity index (χ2v) is 4.26. The van der Waals surface area contributed by atoms with Crippen LogP contribution >= 0.6 is 11.6 Å². The molecule has 1 aliphatic heterocycles. The molecule has 1 unspecified atom stereocenters. The Morgan fingerprint density at radius 2 is 2.33 bits per heavy atom. The molecule has 1 aromatic heterocycles. The zero-order chi connectivity index (χ0) is 10.8. The van der Waals surface area contributed by atoms with Gasteiger partial charge in [-0.3, -0.25) is 4.79 Å². The maximum atomic E-state index is 11.9. The van der Waals surface area contributed by atoms with E-state index in [1.807, 2.05) is 4.90 Å². The van der Waals surface area contributed by atoms with Crippen molar-refractivity contribution < 1.29 is 4.79 Å². The minimum absolute atomic E-state index is 0.0523. The number of likely N-dealkylation sites (tertiary alicyclic amines) is 1. The Bertz CT molecular complexity index is 365. The molecule has 80 valence electrons. The van der Waals surface area contributed by atoms with Crippen molar-refractivity contribution in [2.24, 2.45) is 5.92 Å². The molecule has 15 heavy (non-hydrogen) atoms. The van der Waals surface area contributed by atoms with Crippen molar-refractivity contribution in [2.75, 3.05) is 13.1 Å². The van der Waals surface area contributed by atoms with Crippen molar-refractivity contribution >= 4 is 17.5 Å². The quantitative estimate of drug-likeness (QED) is 0.730. The van der Waals surface area contributed by atoms with Crippen LogP contribution in [0.1, 0.15) is 23.8 Å². The number of amides is 1. The Kier molecular flexibility index (Phi) is 2.86. The fourth-order valence-electron chi connectivity index (χ4n) is 1.70. The monoisotopic (exact) mass is 225 g/mol. The van der Waals surface area contributed by atoms with Crippen LogP contribution < -0.4 is 0 Å². The molecule has 2 rings (SSSR count). The van der Waals surface area contributed by atoms with Crippen LogP contribution in [0.5, 0.6) is 0 Å². The molecule has 2 heterocycles. The van der Waals surface area contributed by atoms with Gasteiger partial charge in [-0.05, 0) is 12.3 Å². The number of carbonyl (C=O) groups excluding carboxylic acids is 1. The van der Waals surface area contributed by atoms with Crippen molar-refractivity contribution in [1.82, 2.24) is 14.9 Å². The van der Waals surface area contributed by atoms with Gasteiger partial charge in [0.2, 0.25) is 0 Å². The normalized spacial score (nSPS) is 20.7. The van der Waals surface area contributed by atoms with E-state index in [2.05, 4.69) is 16.9 Å². The summed E-state index contributed by atoms with van der Waals surface area (Å²) in [5, 5.41) is 0.307. The molecule has 1 aliphatic rings. The zero-order valence-electron chi connectivity index (χ0n) is 8.48. The van der Waals surface area contributed by atoms with Gasteiger partial charge < -0.3 is 4.90 Å². The summed E-state index contributed by atoms with van der Waals surface area (Å²) in [6.07, 6.45) is 3.88. The lowest BCUT2D eigenvalue weighted by molar-refractivity contribution is 0.0782. The van der Waals surface area contributed by atoms with Crippen LogP contribution in [0.3, 0.4) is 0 Å². The standard InChI is InChI=1S/C10H12ClN3O/c1-7-2-3-14(6-7)10(15)8-4-13-9(11)5-12-8/h4-5,7H,2-3,6H2,1H3. The van der Waals surface area contributed by atoms with E-state index in [9.17, 15) is 4.79 Å². The van der Waals surface area contributed by atoms with Crippen LogP contribution in [0.25, 0.3) is 0 Å². The van der Waals surface area contributed by atoms with E-state index in [1.165, 1.54) is 12.4 Å². The fourth-order valence-corrected chi connectivity index (χ4v) is 1.80. The SMILES string of the molecule is CC1CCN(C(=O)c2cnc(Cl)cn2)C1. The molecule has 1 atom stereocenters. The van der Waals surface area contributed by atoms with Crippen molar-refractivity contribution in [2.45, 2.75) is 13.3 Å². The summed E-state index contributed by atoms with van der Waals surface area (Å²) in [5.74, 6) is 0.526. The summed E-state index contributed by atoms with van der Waals surface area (Å²) in [4.78, 5) is 21.5. The number of hydrogen-bond acceptors (Lipinski definition) is 3. The first kappa shape index (κ1) is 10.4. The van der Waals surface area contributed by atoms with E-state index in [0.29, 0.717) is 16.8 Å². The molecule has 4 nitrogen and oxygen atoms in total. The molecule has 0 spiro atoms. The van der Waals surface area contributed by atoms with Crippen LogP contribution in [0.2, 0.25) is 5.15 Å². The molecule has 1 saturated heterocycles. The summed E-state index contributed by atoms with van der Waals surface area (Å²) < 4.78 is 0. The number of carbonyl (C=O) groups is 1. The Morgan fingerprint density at radius 3 is 2.87 bits per heavy atom. The Morgan fingerprint density at radius 1 is 1.53 bits per heavy atom. The van der Waals surface area contributed by atoms with Crippen LogP contribution in [0.4, 0.5) is 0 Å². The summed E-state index contributed by atoms with van der Waals surface area (Å²) in [7, 11) is 0. The van der Waals surface area contributed by atoms with Crippen LogP contribution in [0.15, 0.2) is 12.4 Å². The molecule has 0 aliphatic carbocycles. The van der Waals surface area contributed by atoms with Gasteiger partial charge in [-0.2, -0.15) is 0 Å². The Labute approximate surface area is 93.3 Å².